The smallest absolute Gasteiger partial charge is 0.413 e. The fraction of sp³-hybridized carbons (Fsp3) is 0.0588. The average Bonchev–Trinajstić information content (AvgIpc) is 3.54. The van der Waals surface area contributed by atoms with E-state index in [1.807, 2.05) is 72.8 Å². The van der Waals surface area contributed by atoms with E-state index in [4.69, 9.17) is 24.7 Å². The first kappa shape index (κ1) is 28.6. The average molecular weight is 573 g/mol. The Labute approximate surface area is 248 Å². The van der Waals surface area contributed by atoms with Crippen molar-refractivity contribution in [1.82, 2.24) is 10.6 Å². The molecule has 0 atom stereocenters. The van der Waals surface area contributed by atoms with Gasteiger partial charge in [0.1, 0.15) is 36.4 Å². The van der Waals surface area contributed by atoms with Gasteiger partial charge in [0.05, 0.1) is 0 Å². The Morgan fingerprint density at radius 1 is 0.535 bits per heavy atom. The monoisotopic (exact) mass is 572 g/mol. The van der Waals surface area contributed by atoms with E-state index >= 15 is 0 Å². The van der Waals surface area contributed by atoms with Crippen LogP contribution in [0.1, 0.15) is 22.3 Å². The molecule has 214 valence electrons. The molecule has 0 aliphatic heterocycles. The molecule has 0 saturated carbocycles. The van der Waals surface area contributed by atoms with E-state index in [0.29, 0.717) is 22.6 Å². The minimum absolute atomic E-state index is 0.0747. The van der Waals surface area contributed by atoms with Crippen molar-refractivity contribution in [2.75, 3.05) is 0 Å². The van der Waals surface area contributed by atoms with Crippen molar-refractivity contribution in [2.45, 2.75) is 13.2 Å². The summed E-state index contributed by atoms with van der Waals surface area (Å²) in [5, 5.41) is 21.3. The van der Waals surface area contributed by atoms with Gasteiger partial charge in [0.25, 0.3) is 0 Å². The zero-order chi connectivity index (χ0) is 30.0. The lowest BCUT2D eigenvalue weighted by Gasteiger charge is -2.09. The molecular weight excluding hydrogens is 544 g/mol. The van der Waals surface area contributed by atoms with Gasteiger partial charge in [-0.1, -0.05) is 109 Å². The van der Waals surface area contributed by atoms with Gasteiger partial charge in [0.15, 0.2) is 0 Å². The first-order valence-corrected chi connectivity index (χ1v) is 13.4. The predicted molar refractivity (Wildman–Crippen MR) is 163 cm³/mol. The van der Waals surface area contributed by atoms with E-state index in [0.717, 1.165) is 22.3 Å². The number of ether oxygens (including phenoxy) is 2. The zero-order valence-corrected chi connectivity index (χ0v) is 23.0. The minimum atomic E-state index is -0.700. The molecule has 0 aliphatic carbocycles. The van der Waals surface area contributed by atoms with Gasteiger partial charge in [0, 0.05) is 22.3 Å². The van der Waals surface area contributed by atoms with Gasteiger partial charge in [-0.15, -0.1) is 0 Å². The molecule has 9 nitrogen and oxygen atoms in total. The van der Waals surface area contributed by atoms with E-state index in [1.54, 1.807) is 48.5 Å². The van der Waals surface area contributed by atoms with Gasteiger partial charge in [-0.2, -0.15) is 0 Å². The highest BCUT2D eigenvalue weighted by Gasteiger charge is 2.12. The molecule has 0 saturated heterocycles. The first-order chi connectivity index (χ1) is 20.9. The number of amidine groups is 2. The third-order valence-corrected chi connectivity index (χ3v) is 6.40. The van der Waals surface area contributed by atoms with Crippen molar-refractivity contribution in [3.05, 3.63) is 144 Å². The number of hydrogen-bond donors (Lipinski definition) is 4. The Kier molecular flexibility index (Phi) is 9.03. The van der Waals surface area contributed by atoms with Crippen LogP contribution >= 0.6 is 0 Å². The molecule has 43 heavy (non-hydrogen) atoms. The van der Waals surface area contributed by atoms with Crippen LogP contribution in [0.4, 0.5) is 9.59 Å². The summed E-state index contributed by atoms with van der Waals surface area (Å²) < 4.78 is 16.4. The van der Waals surface area contributed by atoms with Gasteiger partial charge in [-0.25, -0.2) is 9.59 Å². The molecule has 0 bridgehead atoms. The molecule has 1 aromatic heterocycles. The Bertz CT molecular complexity index is 1590. The van der Waals surface area contributed by atoms with Gasteiger partial charge in [0.2, 0.25) is 0 Å². The maximum absolute atomic E-state index is 12.1. The van der Waals surface area contributed by atoms with E-state index < -0.39 is 12.2 Å². The van der Waals surface area contributed by atoms with Crippen molar-refractivity contribution < 1.29 is 23.5 Å². The van der Waals surface area contributed by atoms with Crippen LogP contribution in [0.2, 0.25) is 0 Å². The third-order valence-electron chi connectivity index (χ3n) is 6.40. The molecule has 0 fully saturated rings. The van der Waals surface area contributed by atoms with E-state index in [-0.39, 0.29) is 24.9 Å². The van der Waals surface area contributed by atoms with Crippen molar-refractivity contribution in [3.63, 3.8) is 0 Å². The summed E-state index contributed by atoms with van der Waals surface area (Å²) in [6.45, 7) is 0.234. The summed E-state index contributed by atoms with van der Waals surface area (Å²) in [5.74, 6) is 1.11. The topological polar surface area (TPSA) is 138 Å². The summed E-state index contributed by atoms with van der Waals surface area (Å²) in [4.78, 5) is 24.2. The van der Waals surface area contributed by atoms with Gasteiger partial charge in [-0.05, 0) is 23.3 Å². The van der Waals surface area contributed by atoms with Crippen molar-refractivity contribution >= 4 is 23.9 Å². The molecule has 4 aromatic carbocycles. The van der Waals surface area contributed by atoms with Crippen LogP contribution < -0.4 is 10.6 Å². The second kappa shape index (κ2) is 13.6. The van der Waals surface area contributed by atoms with Gasteiger partial charge in [-0.3, -0.25) is 21.5 Å². The van der Waals surface area contributed by atoms with Crippen LogP contribution in [0.15, 0.2) is 126 Å². The van der Waals surface area contributed by atoms with Crippen molar-refractivity contribution in [2.24, 2.45) is 0 Å². The maximum atomic E-state index is 12.1. The zero-order valence-electron chi connectivity index (χ0n) is 23.0. The SMILES string of the molecule is N=C(NC(=O)OCc1ccccc1)c1ccc(-c2ccc(-c3ccc(C(=N)NC(=O)OCc4ccccc4)cc3)o2)cc1. The van der Waals surface area contributed by atoms with Crippen LogP contribution in [-0.4, -0.2) is 23.9 Å². The Morgan fingerprint density at radius 2 is 0.907 bits per heavy atom. The highest BCUT2D eigenvalue weighted by molar-refractivity contribution is 6.05. The van der Waals surface area contributed by atoms with Crippen LogP contribution in [0.25, 0.3) is 22.6 Å². The fourth-order valence-electron chi connectivity index (χ4n) is 4.12. The highest BCUT2D eigenvalue weighted by Crippen LogP contribution is 2.29. The lowest BCUT2D eigenvalue weighted by atomic mass is 10.1. The lowest BCUT2D eigenvalue weighted by Crippen LogP contribution is -2.30. The van der Waals surface area contributed by atoms with Crippen molar-refractivity contribution in [3.8, 4) is 22.6 Å². The number of furan rings is 1. The summed E-state index contributed by atoms with van der Waals surface area (Å²) in [5.41, 5.74) is 4.34. The number of rotatable bonds is 8. The molecule has 0 spiro atoms. The Balaban J connectivity index is 1.13. The number of benzene rings is 4. The Hall–Kier alpha value is -5.96. The minimum Gasteiger partial charge on any atom is -0.456 e. The lowest BCUT2D eigenvalue weighted by molar-refractivity contribution is 0.144. The normalized spacial score (nSPS) is 10.4. The third kappa shape index (κ3) is 7.83. The number of alkyl carbamates (subject to hydrolysis) is 2. The molecule has 9 heteroatoms. The molecule has 5 rings (SSSR count). The number of hydrogen-bond acceptors (Lipinski definition) is 7. The van der Waals surface area contributed by atoms with Gasteiger partial charge >= 0.3 is 12.2 Å². The number of carbonyl (C=O) groups is 2. The highest BCUT2D eigenvalue weighted by atomic mass is 16.6. The molecule has 0 aliphatic rings. The molecular formula is C34H28N4O5. The Morgan fingerprint density at radius 3 is 1.28 bits per heavy atom. The maximum Gasteiger partial charge on any atom is 0.413 e. The molecule has 1 heterocycles. The quantitative estimate of drug-likeness (QED) is 0.116. The van der Waals surface area contributed by atoms with Crippen molar-refractivity contribution in [1.29, 1.82) is 10.8 Å². The van der Waals surface area contributed by atoms with Crippen LogP contribution in [0.5, 0.6) is 0 Å². The second-order valence-electron chi connectivity index (χ2n) is 9.44. The van der Waals surface area contributed by atoms with E-state index in [9.17, 15) is 9.59 Å². The number of carbonyl (C=O) groups excluding carboxylic acids is 2. The van der Waals surface area contributed by atoms with Crippen LogP contribution in [0, 0.1) is 10.8 Å². The number of amides is 2. The largest absolute Gasteiger partial charge is 0.456 e. The molecule has 0 radical (unpaired) electrons. The number of nitrogens with one attached hydrogen (secondary N) is 4. The van der Waals surface area contributed by atoms with E-state index in [1.165, 1.54) is 0 Å². The van der Waals surface area contributed by atoms with E-state index in [2.05, 4.69) is 10.6 Å². The fourth-order valence-corrected chi connectivity index (χ4v) is 4.12. The predicted octanol–water partition coefficient (Wildman–Crippen LogP) is 7.12. The van der Waals surface area contributed by atoms with Gasteiger partial charge < -0.3 is 13.9 Å². The summed E-state index contributed by atoms with van der Waals surface area (Å²) in [7, 11) is 0. The first-order valence-electron chi connectivity index (χ1n) is 13.4. The summed E-state index contributed by atoms with van der Waals surface area (Å²) >= 11 is 0. The molecule has 5 aromatic rings. The summed E-state index contributed by atoms with van der Waals surface area (Å²) in [6, 6.07) is 36.4. The standard InChI is InChI=1S/C34H28N4O5/c35-31(37-33(39)41-21-23-7-3-1-4-8-23)27-15-11-25(12-16-27)29-19-20-30(43-29)26-13-17-28(18-14-26)32(36)38-34(40)42-22-24-9-5-2-6-10-24/h1-20H,21-22H2,(H2,35,37,39)(H2,36,38,40). The molecule has 4 N–H and O–H groups in total. The summed E-state index contributed by atoms with van der Waals surface area (Å²) in [6.07, 6.45) is -1.40. The van der Waals surface area contributed by atoms with Crippen LogP contribution in [-0.2, 0) is 22.7 Å². The molecule has 2 amide bonds. The molecule has 0 unspecified atom stereocenters. The second-order valence-corrected chi connectivity index (χ2v) is 9.44. The van der Waals surface area contributed by atoms with Crippen LogP contribution in [0.3, 0.4) is 0 Å².